The number of ether oxygens (including phenoxy) is 2. The predicted octanol–water partition coefficient (Wildman–Crippen LogP) is 4.58. The SMILES string of the molecule is CC(CC1=CC=CC1)N=C1C=C(OCC(=O)OC(C)(C)C)C(=O)c2ccccc21. The molecule has 0 saturated heterocycles. The number of carbonyl (C=O) groups is 2. The lowest BCUT2D eigenvalue weighted by atomic mass is 9.92. The Morgan fingerprint density at radius 3 is 2.59 bits per heavy atom. The van der Waals surface area contributed by atoms with Crippen LogP contribution in [0.25, 0.3) is 0 Å². The summed E-state index contributed by atoms with van der Waals surface area (Å²) in [6.45, 7) is 7.09. The fraction of sp³-hybridized carbons (Fsp3) is 0.375. The molecule has 1 unspecified atom stereocenters. The number of carbonyl (C=O) groups excluding carboxylic acids is 2. The molecule has 0 N–H and O–H groups in total. The molecule has 0 fully saturated rings. The minimum atomic E-state index is -0.607. The van der Waals surface area contributed by atoms with Crippen LogP contribution in [0.3, 0.4) is 0 Å². The van der Waals surface area contributed by atoms with Crippen molar-refractivity contribution in [2.75, 3.05) is 6.61 Å². The number of ketones is 1. The summed E-state index contributed by atoms with van der Waals surface area (Å²) in [5.74, 6) is -0.654. The summed E-state index contributed by atoms with van der Waals surface area (Å²) >= 11 is 0. The lowest BCUT2D eigenvalue weighted by Crippen LogP contribution is -2.28. The molecule has 0 spiro atoms. The Morgan fingerprint density at radius 1 is 1.21 bits per heavy atom. The second kappa shape index (κ2) is 8.60. The average molecular weight is 393 g/mol. The second-order valence-electron chi connectivity index (χ2n) is 8.28. The van der Waals surface area contributed by atoms with Crippen LogP contribution >= 0.6 is 0 Å². The highest BCUT2D eigenvalue weighted by Gasteiger charge is 2.27. The molecule has 2 aliphatic carbocycles. The van der Waals surface area contributed by atoms with E-state index in [1.165, 1.54) is 5.57 Å². The first kappa shape index (κ1) is 20.8. The van der Waals surface area contributed by atoms with Crippen LogP contribution in [0.4, 0.5) is 0 Å². The number of esters is 1. The summed E-state index contributed by atoms with van der Waals surface area (Å²) < 4.78 is 10.8. The number of allylic oxidation sites excluding steroid dienone is 5. The van der Waals surface area contributed by atoms with Crippen LogP contribution in [0.5, 0.6) is 0 Å². The van der Waals surface area contributed by atoms with Gasteiger partial charge in [0.1, 0.15) is 5.60 Å². The van der Waals surface area contributed by atoms with Gasteiger partial charge in [-0.1, -0.05) is 48.1 Å². The molecule has 152 valence electrons. The van der Waals surface area contributed by atoms with Gasteiger partial charge in [-0.3, -0.25) is 9.79 Å². The molecule has 0 saturated carbocycles. The largest absolute Gasteiger partial charge is 0.478 e. The zero-order chi connectivity index (χ0) is 21.0. The van der Waals surface area contributed by atoms with E-state index in [4.69, 9.17) is 14.5 Å². The maximum Gasteiger partial charge on any atom is 0.344 e. The first-order valence-electron chi connectivity index (χ1n) is 9.86. The zero-order valence-electron chi connectivity index (χ0n) is 17.4. The number of hydrogen-bond donors (Lipinski definition) is 0. The van der Waals surface area contributed by atoms with Crippen molar-refractivity contribution in [3.8, 4) is 0 Å². The number of Topliss-reactive ketones (excluding diaryl/α,β-unsaturated/α-hetero) is 1. The van der Waals surface area contributed by atoms with E-state index in [1.54, 1.807) is 32.9 Å². The highest BCUT2D eigenvalue weighted by atomic mass is 16.6. The van der Waals surface area contributed by atoms with Crippen molar-refractivity contribution >= 4 is 17.5 Å². The number of fused-ring (bicyclic) bond motifs is 1. The van der Waals surface area contributed by atoms with Crippen molar-refractivity contribution in [3.05, 3.63) is 71.0 Å². The van der Waals surface area contributed by atoms with Crippen LogP contribution in [0.1, 0.15) is 56.5 Å². The Morgan fingerprint density at radius 2 is 1.93 bits per heavy atom. The van der Waals surface area contributed by atoms with Crippen molar-refractivity contribution in [1.29, 1.82) is 0 Å². The first-order valence-corrected chi connectivity index (χ1v) is 9.86. The van der Waals surface area contributed by atoms with Crippen molar-refractivity contribution in [2.24, 2.45) is 4.99 Å². The molecule has 5 nitrogen and oxygen atoms in total. The molecule has 0 bridgehead atoms. The summed E-state index contributed by atoms with van der Waals surface area (Å²) in [5.41, 5.74) is 2.74. The molecule has 0 amide bonds. The molecule has 3 rings (SSSR count). The highest BCUT2D eigenvalue weighted by Crippen LogP contribution is 2.25. The number of benzene rings is 1. The van der Waals surface area contributed by atoms with Gasteiger partial charge in [0.25, 0.3) is 0 Å². The van der Waals surface area contributed by atoms with E-state index in [2.05, 4.69) is 25.2 Å². The zero-order valence-corrected chi connectivity index (χ0v) is 17.4. The Kier molecular flexibility index (Phi) is 6.16. The number of rotatable bonds is 6. The Labute approximate surface area is 171 Å². The van der Waals surface area contributed by atoms with Crippen LogP contribution in [0.2, 0.25) is 0 Å². The molecule has 0 aromatic heterocycles. The summed E-state index contributed by atoms with van der Waals surface area (Å²) in [4.78, 5) is 29.6. The molecule has 0 radical (unpaired) electrons. The van der Waals surface area contributed by atoms with Gasteiger partial charge < -0.3 is 9.47 Å². The lowest BCUT2D eigenvalue weighted by Gasteiger charge is -2.21. The minimum Gasteiger partial charge on any atom is -0.478 e. The third-order valence-electron chi connectivity index (χ3n) is 4.47. The lowest BCUT2D eigenvalue weighted by molar-refractivity contribution is -0.158. The molecule has 0 aliphatic heterocycles. The third-order valence-corrected chi connectivity index (χ3v) is 4.47. The van der Waals surface area contributed by atoms with Crippen molar-refractivity contribution in [3.63, 3.8) is 0 Å². The Balaban J connectivity index is 1.80. The van der Waals surface area contributed by atoms with Gasteiger partial charge in [0, 0.05) is 17.2 Å². The maximum absolute atomic E-state index is 12.8. The van der Waals surface area contributed by atoms with Gasteiger partial charge in [0.15, 0.2) is 12.4 Å². The minimum absolute atomic E-state index is 0.0563. The Hall–Kier alpha value is -2.95. The van der Waals surface area contributed by atoms with Crippen molar-refractivity contribution in [2.45, 2.75) is 52.2 Å². The molecular formula is C24H27NO4. The molecule has 1 aromatic carbocycles. The van der Waals surface area contributed by atoms with Gasteiger partial charge in [-0.25, -0.2) is 4.79 Å². The summed E-state index contributed by atoms with van der Waals surface area (Å²) in [7, 11) is 0. The van der Waals surface area contributed by atoms with Gasteiger partial charge in [-0.05, 0) is 40.5 Å². The molecule has 1 aromatic rings. The molecule has 2 aliphatic rings. The standard InChI is InChI=1S/C24H27NO4/c1-16(13-17-9-5-6-10-17)25-20-14-21(28-15-22(26)29-24(2,3)4)23(27)19-12-8-7-11-18(19)20/h5-9,11-12,14,16H,10,13,15H2,1-4H3. The fourth-order valence-electron chi connectivity index (χ4n) is 3.33. The predicted molar refractivity (Wildman–Crippen MR) is 113 cm³/mol. The number of hydrogen-bond acceptors (Lipinski definition) is 5. The van der Waals surface area contributed by atoms with Crippen LogP contribution < -0.4 is 0 Å². The molecule has 5 heteroatoms. The summed E-state index contributed by atoms with van der Waals surface area (Å²) in [6.07, 6.45) is 9.77. The normalized spacial score (nSPS) is 18.2. The van der Waals surface area contributed by atoms with E-state index in [1.807, 2.05) is 18.2 Å². The van der Waals surface area contributed by atoms with Gasteiger partial charge >= 0.3 is 5.97 Å². The topological polar surface area (TPSA) is 65.0 Å². The smallest absolute Gasteiger partial charge is 0.344 e. The van der Waals surface area contributed by atoms with E-state index in [-0.39, 0.29) is 24.2 Å². The molecule has 0 heterocycles. The van der Waals surface area contributed by atoms with Crippen LogP contribution in [-0.4, -0.2) is 35.7 Å². The van der Waals surface area contributed by atoms with E-state index in [0.29, 0.717) is 11.3 Å². The van der Waals surface area contributed by atoms with E-state index < -0.39 is 11.6 Å². The van der Waals surface area contributed by atoms with Crippen molar-refractivity contribution in [1.82, 2.24) is 0 Å². The van der Waals surface area contributed by atoms with Gasteiger partial charge in [-0.2, -0.15) is 0 Å². The van der Waals surface area contributed by atoms with Gasteiger partial charge in [0.05, 0.1) is 11.8 Å². The monoisotopic (exact) mass is 393 g/mol. The second-order valence-corrected chi connectivity index (χ2v) is 8.28. The number of nitrogens with zero attached hydrogens (tertiary/aromatic N) is 1. The maximum atomic E-state index is 12.8. The average Bonchev–Trinajstić information content (AvgIpc) is 3.14. The summed E-state index contributed by atoms with van der Waals surface area (Å²) in [6, 6.07) is 7.39. The number of aliphatic imine (C=N–C) groups is 1. The van der Waals surface area contributed by atoms with Crippen LogP contribution in [0, 0.1) is 0 Å². The molecule has 1 atom stereocenters. The van der Waals surface area contributed by atoms with Crippen LogP contribution in [-0.2, 0) is 14.3 Å². The Bertz CT molecular complexity index is 928. The van der Waals surface area contributed by atoms with Gasteiger partial charge in [-0.15, -0.1) is 0 Å². The van der Waals surface area contributed by atoms with Crippen LogP contribution in [0.15, 0.2) is 64.9 Å². The summed E-state index contributed by atoms with van der Waals surface area (Å²) in [5, 5.41) is 0. The first-order chi connectivity index (χ1) is 13.7. The van der Waals surface area contributed by atoms with Crippen molar-refractivity contribution < 1.29 is 19.1 Å². The molecular weight excluding hydrogens is 366 g/mol. The highest BCUT2D eigenvalue weighted by molar-refractivity contribution is 6.25. The van der Waals surface area contributed by atoms with Gasteiger partial charge in [0.2, 0.25) is 5.78 Å². The van der Waals surface area contributed by atoms with E-state index in [0.717, 1.165) is 18.4 Å². The quantitative estimate of drug-likeness (QED) is 0.664. The fourth-order valence-corrected chi connectivity index (χ4v) is 3.33. The third kappa shape index (κ3) is 5.53. The van der Waals surface area contributed by atoms with E-state index in [9.17, 15) is 9.59 Å². The molecule has 29 heavy (non-hydrogen) atoms. The van der Waals surface area contributed by atoms with E-state index >= 15 is 0 Å².